The maximum absolute atomic E-state index is 13.7. The summed E-state index contributed by atoms with van der Waals surface area (Å²) in [7, 11) is 0. The van der Waals surface area contributed by atoms with Crippen LogP contribution in [0, 0.1) is 38.2 Å². The molecule has 0 saturated heterocycles. The second kappa shape index (κ2) is 4.74. The number of hydrogen-bond acceptors (Lipinski definition) is 2. The van der Waals surface area contributed by atoms with E-state index in [-0.39, 0.29) is 5.56 Å². The molecule has 1 unspecified atom stereocenters. The van der Waals surface area contributed by atoms with Crippen LogP contribution in [0.4, 0.5) is 13.2 Å². The molecule has 0 amide bonds. The number of aryl methyl sites for hydroxylation is 2. The molecule has 0 radical (unpaired) electrons. The van der Waals surface area contributed by atoms with Crippen LogP contribution in [0.5, 0.6) is 0 Å². The second-order valence-electron chi connectivity index (χ2n) is 4.51. The quantitative estimate of drug-likeness (QED) is 0.903. The van der Waals surface area contributed by atoms with Gasteiger partial charge in [-0.25, -0.2) is 13.2 Å². The van der Waals surface area contributed by atoms with Crippen molar-refractivity contribution < 1.29 is 17.6 Å². The first-order valence-corrected chi connectivity index (χ1v) is 5.79. The first kappa shape index (κ1) is 13.7. The van der Waals surface area contributed by atoms with Gasteiger partial charge in [0.05, 0.1) is 6.04 Å². The van der Waals surface area contributed by atoms with E-state index < -0.39 is 23.5 Å². The van der Waals surface area contributed by atoms with E-state index in [9.17, 15) is 13.2 Å². The van der Waals surface area contributed by atoms with Crippen molar-refractivity contribution in [2.24, 2.45) is 5.73 Å². The standard InChI is InChI=1S/C14H14F3NO/c1-6-7(2)19-8(3)12(6)14(18)13-10(16)4-9(15)5-11(13)17/h4-5,14H,18H2,1-3H3. The van der Waals surface area contributed by atoms with Gasteiger partial charge in [0, 0.05) is 23.3 Å². The zero-order chi connectivity index (χ0) is 14.3. The maximum Gasteiger partial charge on any atom is 0.134 e. The third kappa shape index (κ3) is 2.26. The Bertz CT molecular complexity index is 611. The molecule has 0 aliphatic carbocycles. The Hall–Kier alpha value is -1.75. The van der Waals surface area contributed by atoms with E-state index in [0.717, 1.165) is 5.56 Å². The lowest BCUT2D eigenvalue weighted by Crippen LogP contribution is -2.17. The van der Waals surface area contributed by atoms with Gasteiger partial charge in [-0.2, -0.15) is 0 Å². The lowest BCUT2D eigenvalue weighted by molar-refractivity contribution is 0.493. The monoisotopic (exact) mass is 269 g/mol. The molecular formula is C14H14F3NO. The molecule has 2 rings (SSSR count). The van der Waals surface area contributed by atoms with Gasteiger partial charge in [0.25, 0.3) is 0 Å². The number of rotatable bonds is 2. The average Bonchev–Trinajstić information content (AvgIpc) is 2.51. The Labute approximate surface area is 109 Å². The zero-order valence-electron chi connectivity index (χ0n) is 10.9. The summed E-state index contributed by atoms with van der Waals surface area (Å²) in [6.07, 6.45) is 0. The summed E-state index contributed by atoms with van der Waals surface area (Å²) in [5, 5.41) is 0. The van der Waals surface area contributed by atoms with Crippen LogP contribution in [0.1, 0.15) is 34.3 Å². The van der Waals surface area contributed by atoms with E-state index in [1.165, 1.54) is 0 Å². The largest absolute Gasteiger partial charge is 0.466 e. The van der Waals surface area contributed by atoms with Crippen molar-refractivity contribution in [1.29, 1.82) is 0 Å². The number of furan rings is 1. The number of benzene rings is 1. The molecule has 0 saturated carbocycles. The van der Waals surface area contributed by atoms with Gasteiger partial charge in [0.1, 0.15) is 29.0 Å². The molecule has 1 aromatic carbocycles. The molecule has 19 heavy (non-hydrogen) atoms. The third-order valence-corrected chi connectivity index (χ3v) is 3.28. The molecule has 0 bridgehead atoms. The van der Waals surface area contributed by atoms with Gasteiger partial charge >= 0.3 is 0 Å². The van der Waals surface area contributed by atoms with E-state index in [4.69, 9.17) is 10.2 Å². The Balaban J connectivity index is 2.59. The minimum Gasteiger partial charge on any atom is -0.466 e. The van der Waals surface area contributed by atoms with Gasteiger partial charge < -0.3 is 10.2 Å². The molecule has 0 spiro atoms. The molecule has 2 aromatic rings. The maximum atomic E-state index is 13.7. The van der Waals surface area contributed by atoms with Gasteiger partial charge in [-0.1, -0.05) is 0 Å². The van der Waals surface area contributed by atoms with Crippen molar-refractivity contribution in [3.8, 4) is 0 Å². The van der Waals surface area contributed by atoms with Crippen molar-refractivity contribution in [3.63, 3.8) is 0 Å². The average molecular weight is 269 g/mol. The van der Waals surface area contributed by atoms with E-state index in [1.54, 1.807) is 20.8 Å². The van der Waals surface area contributed by atoms with Gasteiger partial charge in [0.15, 0.2) is 0 Å². The van der Waals surface area contributed by atoms with Crippen LogP contribution in [-0.2, 0) is 0 Å². The summed E-state index contributed by atoms with van der Waals surface area (Å²) in [6, 6.07) is 0.212. The zero-order valence-corrected chi connectivity index (χ0v) is 10.9. The third-order valence-electron chi connectivity index (χ3n) is 3.28. The highest BCUT2D eigenvalue weighted by atomic mass is 19.1. The van der Waals surface area contributed by atoms with Crippen molar-refractivity contribution in [2.45, 2.75) is 26.8 Å². The fraction of sp³-hybridized carbons (Fsp3) is 0.286. The predicted octanol–water partition coefficient (Wildman–Crippen LogP) is 3.67. The molecule has 1 aromatic heterocycles. The van der Waals surface area contributed by atoms with Crippen molar-refractivity contribution >= 4 is 0 Å². The summed E-state index contributed by atoms with van der Waals surface area (Å²) in [5.41, 5.74) is 6.84. The smallest absolute Gasteiger partial charge is 0.134 e. The second-order valence-corrected chi connectivity index (χ2v) is 4.51. The van der Waals surface area contributed by atoms with E-state index in [0.29, 0.717) is 29.2 Å². The van der Waals surface area contributed by atoms with Crippen LogP contribution in [0.15, 0.2) is 16.5 Å². The number of hydrogen-bond donors (Lipinski definition) is 1. The Morgan fingerprint density at radius 2 is 1.47 bits per heavy atom. The number of halogens is 3. The highest BCUT2D eigenvalue weighted by Gasteiger charge is 2.25. The normalized spacial score (nSPS) is 12.8. The van der Waals surface area contributed by atoms with Gasteiger partial charge in [0.2, 0.25) is 0 Å². The molecule has 5 heteroatoms. The molecule has 102 valence electrons. The van der Waals surface area contributed by atoms with Crippen LogP contribution >= 0.6 is 0 Å². The van der Waals surface area contributed by atoms with E-state index in [2.05, 4.69) is 0 Å². The molecule has 0 aliphatic rings. The Morgan fingerprint density at radius 1 is 0.947 bits per heavy atom. The van der Waals surface area contributed by atoms with Gasteiger partial charge in [-0.05, 0) is 26.3 Å². The molecule has 0 aliphatic heterocycles. The van der Waals surface area contributed by atoms with Gasteiger partial charge in [-0.3, -0.25) is 0 Å². The molecule has 2 nitrogen and oxygen atoms in total. The minimum absolute atomic E-state index is 0.353. The Morgan fingerprint density at radius 3 is 1.89 bits per heavy atom. The highest BCUT2D eigenvalue weighted by Crippen LogP contribution is 2.32. The van der Waals surface area contributed by atoms with Crippen molar-refractivity contribution in [2.75, 3.05) is 0 Å². The van der Waals surface area contributed by atoms with Crippen LogP contribution < -0.4 is 5.73 Å². The van der Waals surface area contributed by atoms with Crippen LogP contribution in [-0.4, -0.2) is 0 Å². The first-order chi connectivity index (χ1) is 8.82. The molecule has 2 N–H and O–H groups in total. The van der Waals surface area contributed by atoms with Crippen LogP contribution in [0.2, 0.25) is 0 Å². The lowest BCUT2D eigenvalue weighted by atomic mass is 9.95. The van der Waals surface area contributed by atoms with Crippen molar-refractivity contribution in [1.82, 2.24) is 0 Å². The summed E-state index contributed by atoms with van der Waals surface area (Å²) in [6.45, 7) is 5.19. The van der Waals surface area contributed by atoms with Crippen LogP contribution in [0.25, 0.3) is 0 Å². The first-order valence-electron chi connectivity index (χ1n) is 5.79. The lowest BCUT2D eigenvalue weighted by Gasteiger charge is -2.14. The molecule has 1 heterocycles. The fourth-order valence-electron chi connectivity index (χ4n) is 2.26. The van der Waals surface area contributed by atoms with Gasteiger partial charge in [-0.15, -0.1) is 0 Å². The number of nitrogens with two attached hydrogens (primary N) is 1. The van der Waals surface area contributed by atoms with E-state index >= 15 is 0 Å². The molecule has 0 fully saturated rings. The summed E-state index contributed by atoms with van der Waals surface area (Å²) in [5.74, 6) is -1.82. The summed E-state index contributed by atoms with van der Waals surface area (Å²) < 4.78 is 45.7. The molecule has 1 atom stereocenters. The molecular weight excluding hydrogens is 255 g/mol. The fourth-order valence-corrected chi connectivity index (χ4v) is 2.26. The minimum atomic E-state index is -1.03. The summed E-state index contributed by atoms with van der Waals surface area (Å²) >= 11 is 0. The highest BCUT2D eigenvalue weighted by molar-refractivity contribution is 5.41. The predicted molar refractivity (Wildman–Crippen MR) is 65.3 cm³/mol. The van der Waals surface area contributed by atoms with Crippen LogP contribution in [0.3, 0.4) is 0 Å². The summed E-state index contributed by atoms with van der Waals surface area (Å²) in [4.78, 5) is 0. The SMILES string of the molecule is Cc1oc(C)c(C(N)c2c(F)cc(F)cc2F)c1C. The van der Waals surface area contributed by atoms with Crippen molar-refractivity contribution in [3.05, 3.63) is 57.8 Å². The Kier molecular flexibility index (Phi) is 3.41. The van der Waals surface area contributed by atoms with E-state index in [1.807, 2.05) is 0 Å². The topological polar surface area (TPSA) is 39.2 Å².